The summed E-state index contributed by atoms with van der Waals surface area (Å²) in [5, 5.41) is 12.2. The quantitative estimate of drug-likeness (QED) is 0.375. The lowest BCUT2D eigenvalue weighted by Crippen LogP contribution is -2.37. The van der Waals surface area contributed by atoms with Crippen LogP contribution in [0.3, 0.4) is 0 Å². The number of rotatable bonds is 3. The molecule has 1 aromatic heterocycles. The highest BCUT2D eigenvalue weighted by Gasteiger charge is 2.19. The summed E-state index contributed by atoms with van der Waals surface area (Å²) in [5.41, 5.74) is 7.09. The molecule has 6 heteroatoms. The van der Waals surface area contributed by atoms with E-state index in [1.54, 1.807) is 12.3 Å². The van der Waals surface area contributed by atoms with Gasteiger partial charge in [0.05, 0.1) is 11.9 Å². The molecular weight excluding hydrogens is 248 g/mol. The third kappa shape index (κ3) is 2.87. The molecule has 18 heavy (non-hydrogen) atoms. The number of oxime groups is 1. The van der Waals surface area contributed by atoms with Crippen molar-refractivity contribution in [2.75, 3.05) is 23.7 Å². The van der Waals surface area contributed by atoms with Crippen molar-refractivity contribution in [1.82, 2.24) is 4.98 Å². The van der Waals surface area contributed by atoms with Crippen LogP contribution >= 0.6 is 11.8 Å². The van der Waals surface area contributed by atoms with E-state index in [0.717, 1.165) is 24.5 Å². The highest BCUT2D eigenvalue weighted by molar-refractivity contribution is 8.00. The Bertz CT molecular complexity index is 421. The zero-order chi connectivity index (χ0) is 13.0. The minimum atomic E-state index is 0.0437. The normalized spacial score (nSPS) is 21.1. The van der Waals surface area contributed by atoms with Crippen molar-refractivity contribution >= 4 is 23.3 Å². The summed E-state index contributed by atoms with van der Waals surface area (Å²) in [6, 6.07) is 3.76. The van der Waals surface area contributed by atoms with Gasteiger partial charge in [0.1, 0.15) is 5.69 Å². The van der Waals surface area contributed by atoms with Gasteiger partial charge in [-0.1, -0.05) is 12.1 Å². The Kier molecular flexibility index (Phi) is 4.30. The maximum atomic E-state index is 8.58. The standard InChI is InChI=1S/C12H18N4OS/c1-2-10-8-16(5-6-18-10)9-3-4-11(14-7-9)12(13)15-17/h3-4,7,10,17H,2,5-6,8H2,1H3,(H2,13,15). The van der Waals surface area contributed by atoms with Gasteiger partial charge in [-0.05, 0) is 18.6 Å². The van der Waals surface area contributed by atoms with Crippen LogP contribution in [0.5, 0.6) is 0 Å². The predicted molar refractivity (Wildman–Crippen MR) is 75.5 cm³/mol. The molecule has 0 radical (unpaired) electrons. The number of aromatic nitrogens is 1. The number of hydrogen-bond acceptors (Lipinski definition) is 5. The predicted octanol–water partition coefficient (Wildman–Crippen LogP) is 1.51. The van der Waals surface area contributed by atoms with E-state index in [9.17, 15) is 0 Å². The fourth-order valence-corrected chi connectivity index (χ4v) is 3.16. The Labute approximate surface area is 111 Å². The van der Waals surface area contributed by atoms with Gasteiger partial charge in [-0.15, -0.1) is 0 Å². The van der Waals surface area contributed by atoms with Gasteiger partial charge < -0.3 is 15.8 Å². The second-order valence-electron chi connectivity index (χ2n) is 4.23. The molecule has 0 spiro atoms. The maximum Gasteiger partial charge on any atom is 0.188 e. The summed E-state index contributed by atoms with van der Waals surface area (Å²) in [4.78, 5) is 6.55. The Morgan fingerprint density at radius 1 is 1.67 bits per heavy atom. The van der Waals surface area contributed by atoms with E-state index in [1.807, 2.05) is 17.8 Å². The van der Waals surface area contributed by atoms with Crippen molar-refractivity contribution in [3.63, 3.8) is 0 Å². The second-order valence-corrected chi connectivity index (χ2v) is 5.64. The Hall–Kier alpha value is -1.43. The largest absolute Gasteiger partial charge is 0.409 e. The van der Waals surface area contributed by atoms with Crippen LogP contribution in [0.2, 0.25) is 0 Å². The van der Waals surface area contributed by atoms with E-state index in [-0.39, 0.29) is 5.84 Å². The molecule has 1 aliphatic rings. The van der Waals surface area contributed by atoms with E-state index in [0.29, 0.717) is 10.9 Å². The van der Waals surface area contributed by atoms with Crippen LogP contribution in [0.25, 0.3) is 0 Å². The lowest BCUT2D eigenvalue weighted by Gasteiger charge is -2.33. The highest BCUT2D eigenvalue weighted by atomic mass is 32.2. The Morgan fingerprint density at radius 3 is 3.11 bits per heavy atom. The molecule has 1 atom stereocenters. The smallest absolute Gasteiger partial charge is 0.188 e. The number of hydrogen-bond donors (Lipinski definition) is 2. The third-order valence-electron chi connectivity index (χ3n) is 3.08. The maximum absolute atomic E-state index is 8.58. The molecule has 3 N–H and O–H groups in total. The fourth-order valence-electron chi connectivity index (χ4n) is 1.98. The van der Waals surface area contributed by atoms with Crippen molar-refractivity contribution in [3.05, 3.63) is 24.0 Å². The number of nitrogens with two attached hydrogens (primary N) is 1. The molecule has 1 aliphatic heterocycles. The molecule has 98 valence electrons. The van der Waals surface area contributed by atoms with Crippen molar-refractivity contribution in [1.29, 1.82) is 0 Å². The summed E-state index contributed by atoms with van der Waals surface area (Å²) >= 11 is 2.04. The molecule has 0 amide bonds. The summed E-state index contributed by atoms with van der Waals surface area (Å²) in [6.07, 6.45) is 2.98. The van der Waals surface area contributed by atoms with Crippen molar-refractivity contribution in [2.24, 2.45) is 10.9 Å². The van der Waals surface area contributed by atoms with Gasteiger partial charge in [-0.2, -0.15) is 11.8 Å². The van der Waals surface area contributed by atoms with Gasteiger partial charge in [-0.25, -0.2) is 0 Å². The summed E-state index contributed by atoms with van der Waals surface area (Å²) in [5.74, 6) is 1.20. The van der Waals surface area contributed by atoms with E-state index in [2.05, 4.69) is 22.0 Å². The molecule has 0 aromatic carbocycles. The number of thioether (sulfide) groups is 1. The molecule has 2 heterocycles. The average Bonchev–Trinajstić information content (AvgIpc) is 2.46. The average molecular weight is 266 g/mol. The van der Waals surface area contributed by atoms with E-state index < -0.39 is 0 Å². The van der Waals surface area contributed by atoms with Crippen molar-refractivity contribution in [2.45, 2.75) is 18.6 Å². The van der Waals surface area contributed by atoms with Gasteiger partial charge >= 0.3 is 0 Å². The first-order chi connectivity index (χ1) is 8.74. The van der Waals surface area contributed by atoms with Crippen LogP contribution in [0.4, 0.5) is 5.69 Å². The van der Waals surface area contributed by atoms with Gasteiger partial charge in [-0.3, -0.25) is 4.98 Å². The first-order valence-electron chi connectivity index (χ1n) is 6.05. The lowest BCUT2D eigenvalue weighted by molar-refractivity contribution is 0.318. The lowest BCUT2D eigenvalue weighted by atomic mass is 10.2. The molecule has 1 fully saturated rings. The van der Waals surface area contributed by atoms with E-state index in [4.69, 9.17) is 10.9 Å². The molecule has 1 saturated heterocycles. The van der Waals surface area contributed by atoms with Crippen LogP contribution in [-0.4, -0.2) is 40.1 Å². The first kappa shape index (κ1) is 13.0. The first-order valence-corrected chi connectivity index (χ1v) is 7.10. The molecule has 0 saturated carbocycles. The fraction of sp³-hybridized carbons (Fsp3) is 0.500. The van der Waals surface area contributed by atoms with Gasteiger partial charge in [0.15, 0.2) is 5.84 Å². The SMILES string of the molecule is CCC1CN(c2ccc(/C(N)=N/O)nc2)CCS1. The zero-order valence-electron chi connectivity index (χ0n) is 10.4. The van der Waals surface area contributed by atoms with Gasteiger partial charge in [0.2, 0.25) is 0 Å². The monoisotopic (exact) mass is 266 g/mol. The molecule has 1 unspecified atom stereocenters. The molecular formula is C12H18N4OS. The van der Waals surface area contributed by atoms with Crippen LogP contribution in [0.1, 0.15) is 19.0 Å². The Balaban J connectivity index is 2.09. The molecule has 0 aliphatic carbocycles. The van der Waals surface area contributed by atoms with Crippen LogP contribution in [0.15, 0.2) is 23.5 Å². The summed E-state index contributed by atoms with van der Waals surface area (Å²) in [6.45, 7) is 4.33. The Morgan fingerprint density at radius 2 is 2.50 bits per heavy atom. The van der Waals surface area contributed by atoms with Crippen LogP contribution in [-0.2, 0) is 0 Å². The summed E-state index contributed by atoms with van der Waals surface area (Å²) in [7, 11) is 0. The van der Waals surface area contributed by atoms with Gasteiger partial charge in [0, 0.05) is 24.1 Å². The molecule has 5 nitrogen and oxygen atoms in total. The zero-order valence-corrected chi connectivity index (χ0v) is 11.2. The summed E-state index contributed by atoms with van der Waals surface area (Å²) < 4.78 is 0. The van der Waals surface area contributed by atoms with E-state index >= 15 is 0 Å². The topological polar surface area (TPSA) is 74.7 Å². The second kappa shape index (κ2) is 5.95. The number of pyridine rings is 1. The van der Waals surface area contributed by atoms with E-state index in [1.165, 1.54) is 6.42 Å². The van der Waals surface area contributed by atoms with Crippen molar-refractivity contribution in [3.8, 4) is 0 Å². The highest BCUT2D eigenvalue weighted by Crippen LogP contribution is 2.25. The number of nitrogens with zero attached hydrogens (tertiary/aromatic N) is 3. The third-order valence-corrected chi connectivity index (χ3v) is 4.45. The number of amidine groups is 1. The molecule has 2 rings (SSSR count). The van der Waals surface area contributed by atoms with Crippen LogP contribution < -0.4 is 10.6 Å². The minimum Gasteiger partial charge on any atom is -0.409 e. The minimum absolute atomic E-state index is 0.0437. The van der Waals surface area contributed by atoms with Crippen LogP contribution in [0, 0.1) is 0 Å². The van der Waals surface area contributed by atoms with Crippen molar-refractivity contribution < 1.29 is 5.21 Å². The molecule has 1 aromatic rings. The number of anilines is 1. The molecule has 0 bridgehead atoms. The van der Waals surface area contributed by atoms with Gasteiger partial charge in [0.25, 0.3) is 0 Å².